The lowest BCUT2D eigenvalue weighted by atomic mass is 10.1. The molecule has 0 radical (unpaired) electrons. The highest BCUT2D eigenvalue weighted by atomic mass is 19.1. The van der Waals surface area contributed by atoms with Gasteiger partial charge >= 0.3 is 0 Å². The number of aromatic nitrogens is 1. The van der Waals surface area contributed by atoms with Gasteiger partial charge in [-0.2, -0.15) is 0 Å². The number of hydrogen-bond donors (Lipinski definition) is 1. The van der Waals surface area contributed by atoms with Crippen LogP contribution in [0.2, 0.25) is 0 Å². The molecule has 0 aliphatic heterocycles. The summed E-state index contributed by atoms with van der Waals surface area (Å²) in [6.07, 6.45) is 0. The minimum atomic E-state index is -0.262. The minimum Gasteiger partial charge on any atom is -0.487 e. The van der Waals surface area contributed by atoms with Crippen LogP contribution >= 0.6 is 0 Å². The summed E-state index contributed by atoms with van der Waals surface area (Å²) in [5.41, 5.74) is 2.40. The van der Waals surface area contributed by atoms with E-state index in [9.17, 15) is 4.39 Å². The Morgan fingerprint density at radius 3 is 2.75 bits per heavy atom. The predicted octanol–water partition coefficient (Wildman–Crippen LogP) is 3.39. The number of rotatable bonds is 5. The van der Waals surface area contributed by atoms with Crippen LogP contribution in [0, 0.1) is 12.7 Å². The van der Waals surface area contributed by atoms with E-state index < -0.39 is 0 Å². The molecule has 1 aromatic heterocycles. The fourth-order valence-corrected chi connectivity index (χ4v) is 1.94. The molecule has 106 valence electrons. The van der Waals surface area contributed by atoms with Gasteiger partial charge in [0.05, 0.1) is 5.69 Å². The molecule has 0 fully saturated rings. The van der Waals surface area contributed by atoms with Crippen LogP contribution in [0.15, 0.2) is 36.4 Å². The first-order valence-electron chi connectivity index (χ1n) is 6.62. The zero-order valence-corrected chi connectivity index (χ0v) is 12.0. The van der Waals surface area contributed by atoms with Crippen LogP contribution in [-0.2, 0) is 6.61 Å². The van der Waals surface area contributed by atoms with Crippen molar-refractivity contribution in [1.82, 2.24) is 10.3 Å². The smallest absolute Gasteiger partial charge is 0.131 e. The summed E-state index contributed by atoms with van der Waals surface area (Å²) in [7, 11) is 1.80. The van der Waals surface area contributed by atoms with Crippen LogP contribution in [0.1, 0.15) is 29.9 Å². The molecule has 0 aliphatic carbocycles. The molecule has 0 saturated carbocycles. The van der Waals surface area contributed by atoms with E-state index in [0.717, 1.165) is 11.4 Å². The maximum absolute atomic E-state index is 13.9. The molecule has 0 amide bonds. The van der Waals surface area contributed by atoms with Crippen LogP contribution in [0.25, 0.3) is 0 Å². The Hall–Kier alpha value is -1.94. The van der Waals surface area contributed by atoms with Gasteiger partial charge in [-0.25, -0.2) is 4.39 Å². The number of nitrogens with one attached hydrogen (secondary N) is 1. The second-order valence-electron chi connectivity index (χ2n) is 4.75. The van der Waals surface area contributed by atoms with Gasteiger partial charge in [0.15, 0.2) is 0 Å². The van der Waals surface area contributed by atoms with E-state index in [0.29, 0.717) is 17.9 Å². The Balaban J connectivity index is 2.05. The molecule has 0 saturated heterocycles. The number of halogens is 1. The van der Waals surface area contributed by atoms with Crippen LogP contribution in [-0.4, -0.2) is 12.0 Å². The summed E-state index contributed by atoms with van der Waals surface area (Å²) in [5.74, 6) is 0.249. The number of pyridine rings is 1. The lowest BCUT2D eigenvalue weighted by molar-refractivity contribution is 0.299. The molecular weight excluding hydrogens is 255 g/mol. The first kappa shape index (κ1) is 14.5. The molecule has 1 unspecified atom stereocenters. The third-order valence-corrected chi connectivity index (χ3v) is 3.20. The summed E-state index contributed by atoms with van der Waals surface area (Å²) < 4.78 is 19.5. The summed E-state index contributed by atoms with van der Waals surface area (Å²) in [5, 5.41) is 3.01. The van der Waals surface area contributed by atoms with Gasteiger partial charge in [-0.3, -0.25) is 4.98 Å². The van der Waals surface area contributed by atoms with Crippen LogP contribution < -0.4 is 10.1 Å². The van der Waals surface area contributed by atoms with E-state index in [4.69, 9.17) is 4.74 Å². The van der Waals surface area contributed by atoms with Crippen molar-refractivity contribution in [3.05, 3.63) is 59.2 Å². The molecule has 1 N–H and O–H groups in total. The molecule has 0 spiro atoms. The first-order chi connectivity index (χ1) is 9.60. The lowest BCUT2D eigenvalue weighted by Crippen LogP contribution is -2.13. The third kappa shape index (κ3) is 3.54. The molecule has 1 aromatic carbocycles. The Morgan fingerprint density at radius 2 is 2.10 bits per heavy atom. The van der Waals surface area contributed by atoms with Crippen molar-refractivity contribution in [2.45, 2.75) is 26.5 Å². The molecular formula is C16H19FN2O. The summed E-state index contributed by atoms with van der Waals surface area (Å²) in [6.45, 7) is 4.18. The van der Waals surface area contributed by atoms with Gasteiger partial charge in [-0.1, -0.05) is 12.1 Å². The van der Waals surface area contributed by atoms with E-state index in [1.807, 2.05) is 32.0 Å². The van der Waals surface area contributed by atoms with E-state index in [-0.39, 0.29) is 11.9 Å². The largest absolute Gasteiger partial charge is 0.487 e. The summed E-state index contributed by atoms with van der Waals surface area (Å²) >= 11 is 0. The zero-order valence-electron chi connectivity index (χ0n) is 12.0. The van der Waals surface area contributed by atoms with Crippen molar-refractivity contribution in [1.29, 1.82) is 0 Å². The van der Waals surface area contributed by atoms with Crippen molar-refractivity contribution in [2.75, 3.05) is 7.05 Å². The molecule has 0 aliphatic rings. The Labute approximate surface area is 118 Å². The molecule has 2 rings (SSSR count). The number of ether oxygens (including phenoxy) is 1. The van der Waals surface area contributed by atoms with Crippen molar-refractivity contribution in [3.8, 4) is 5.75 Å². The van der Waals surface area contributed by atoms with Gasteiger partial charge in [-0.15, -0.1) is 0 Å². The number of nitrogens with zero attached hydrogens (tertiary/aromatic N) is 1. The molecule has 2 aromatic rings. The van der Waals surface area contributed by atoms with E-state index in [1.165, 1.54) is 6.07 Å². The molecule has 4 heteroatoms. The Morgan fingerprint density at radius 1 is 1.30 bits per heavy atom. The SMILES string of the molecule is CNC(C)c1ccc(OCc2cccc(C)n2)cc1F. The fraction of sp³-hybridized carbons (Fsp3) is 0.312. The van der Waals surface area contributed by atoms with Crippen LogP contribution in [0.4, 0.5) is 4.39 Å². The zero-order chi connectivity index (χ0) is 14.5. The van der Waals surface area contributed by atoms with Crippen molar-refractivity contribution < 1.29 is 9.13 Å². The number of benzene rings is 1. The van der Waals surface area contributed by atoms with Crippen molar-refractivity contribution >= 4 is 0 Å². The second-order valence-corrected chi connectivity index (χ2v) is 4.75. The van der Waals surface area contributed by atoms with Gasteiger partial charge in [-0.05, 0) is 39.1 Å². The molecule has 0 bridgehead atoms. The average molecular weight is 274 g/mol. The standard InChI is InChI=1S/C16H19FN2O/c1-11-5-4-6-13(19-11)10-20-14-7-8-15(12(2)18-3)16(17)9-14/h4-9,12,18H,10H2,1-3H3. The maximum atomic E-state index is 13.9. The quantitative estimate of drug-likeness (QED) is 0.907. The first-order valence-corrected chi connectivity index (χ1v) is 6.62. The highest BCUT2D eigenvalue weighted by molar-refractivity contribution is 5.30. The third-order valence-electron chi connectivity index (χ3n) is 3.20. The monoisotopic (exact) mass is 274 g/mol. The molecule has 20 heavy (non-hydrogen) atoms. The number of aryl methyl sites for hydroxylation is 1. The highest BCUT2D eigenvalue weighted by Crippen LogP contribution is 2.22. The van der Waals surface area contributed by atoms with Crippen molar-refractivity contribution in [2.24, 2.45) is 0 Å². The van der Waals surface area contributed by atoms with E-state index in [2.05, 4.69) is 10.3 Å². The second kappa shape index (κ2) is 6.48. The minimum absolute atomic E-state index is 0.0255. The van der Waals surface area contributed by atoms with Crippen molar-refractivity contribution in [3.63, 3.8) is 0 Å². The van der Waals surface area contributed by atoms with Gasteiger partial charge in [0.25, 0.3) is 0 Å². The lowest BCUT2D eigenvalue weighted by Gasteiger charge is -2.13. The Bertz CT molecular complexity index is 586. The van der Waals surface area contributed by atoms with Crippen LogP contribution in [0.3, 0.4) is 0 Å². The molecule has 1 heterocycles. The summed E-state index contributed by atoms with van der Waals surface area (Å²) in [4.78, 5) is 4.34. The van der Waals surface area contributed by atoms with E-state index >= 15 is 0 Å². The normalized spacial score (nSPS) is 12.2. The van der Waals surface area contributed by atoms with Gasteiger partial charge < -0.3 is 10.1 Å². The maximum Gasteiger partial charge on any atom is 0.131 e. The molecule has 1 atom stereocenters. The highest BCUT2D eigenvalue weighted by Gasteiger charge is 2.10. The van der Waals surface area contributed by atoms with E-state index in [1.54, 1.807) is 19.2 Å². The molecule has 3 nitrogen and oxygen atoms in total. The van der Waals surface area contributed by atoms with Crippen LogP contribution in [0.5, 0.6) is 5.75 Å². The number of hydrogen-bond acceptors (Lipinski definition) is 3. The Kier molecular flexibility index (Phi) is 4.69. The fourth-order valence-electron chi connectivity index (χ4n) is 1.94. The van der Waals surface area contributed by atoms with Gasteiger partial charge in [0, 0.05) is 23.4 Å². The van der Waals surface area contributed by atoms with Gasteiger partial charge in [0.1, 0.15) is 18.2 Å². The van der Waals surface area contributed by atoms with Gasteiger partial charge in [0.2, 0.25) is 0 Å². The average Bonchev–Trinajstić information content (AvgIpc) is 2.44. The summed E-state index contributed by atoms with van der Waals surface area (Å²) in [6, 6.07) is 10.7. The predicted molar refractivity (Wildman–Crippen MR) is 77.2 cm³/mol. The topological polar surface area (TPSA) is 34.1 Å².